The highest BCUT2D eigenvalue weighted by Crippen LogP contribution is 2.16. The summed E-state index contributed by atoms with van der Waals surface area (Å²) in [4.78, 5) is 4.32. The van der Waals surface area contributed by atoms with E-state index in [0.29, 0.717) is 0 Å². The molecule has 0 aliphatic carbocycles. The molecule has 3 heteroatoms. The first-order chi connectivity index (χ1) is 8.20. The minimum atomic E-state index is 0.723. The number of hydrogen-bond acceptors (Lipinski definition) is 1. The van der Waals surface area contributed by atoms with Crippen LogP contribution in [0.15, 0.2) is 53.5 Å². The van der Waals surface area contributed by atoms with E-state index in [4.69, 9.17) is 23.2 Å². The van der Waals surface area contributed by atoms with Crippen molar-refractivity contribution in [2.45, 2.75) is 0 Å². The van der Waals surface area contributed by atoms with E-state index in [0.717, 1.165) is 26.9 Å². The molecular weight excluding hydrogens is 253 g/mol. The second kappa shape index (κ2) is 5.35. The number of aliphatic imine (C=N–C) groups is 1. The van der Waals surface area contributed by atoms with Crippen molar-refractivity contribution in [3.63, 3.8) is 0 Å². The van der Waals surface area contributed by atoms with Gasteiger partial charge < -0.3 is 0 Å². The summed E-state index contributed by atoms with van der Waals surface area (Å²) in [6, 6.07) is 15.3. The Morgan fingerprint density at radius 1 is 0.765 bits per heavy atom. The average Bonchev–Trinajstić information content (AvgIpc) is 2.35. The largest absolute Gasteiger partial charge is 0.287 e. The van der Waals surface area contributed by atoms with Crippen LogP contribution in [-0.2, 0) is 0 Å². The van der Waals surface area contributed by atoms with Gasteiger partial charge in [-0.3, -0.25) is 4.99 Å². The smallest absolute Gasteiger partial charge is 0.0715 e. The number of benzene rings is 2. The highest BCUT2D eigenvalue weighted by molar-refractivity contribution is 6.31. The summed E-state index contributed by atoms with van der Waals surface area (Å²) in [6.45, 7) is 0. The van der Waals surface area contributed by atoms with Crippen LogP contribution < -0.4 is 0 Å². The van der Waals surface area contributed by atoms with Crippen LogP contribution in [0, 0.1) is 0 Å². The van der Waals surface area contributed by atoms with Gasteiger partial charge in [-0.25, -0.2) is 0 Å². The van der Waals surface area contributed by atoms with E-state index in [-0.39, 0.29) is 0 Å². The van der Waals surface area contributed by atoms with E-state index in [9.17, 15) is 0 Å². The molecule has 0 unspecified atom stereocenters. The molecule has 0 bridgehead atoms. The summed E-state index contributed by atoms with van der Waals surface area (Å²) >= 11 is 11.7. The Hall–Kier alpha value is -1.31. The number of nitrogens with zero attached hydrogens (tertiary/aromatic N) is 1. The van der Waals surface area contributed by atoms with Crippen molar-refractivity contribution < 1.29 is 0 Å². The Balaban J connectivity index is 2.41. The summed E-state index contributed by atoms with van der Waals surface area (Å²) < 4.78 is 0. The van der Waals surface area contributed by atoms with Gasteiger partial charge in [-0.15, -0.1) is 0 Å². The molecule has 0 radical (unpaired) electrons. The highest BCUT2D eigenvalue weighted by atomic mass is 35.5. The van der Waals surface area contributed by atoms with Crippen LogP contribution in [0.4, 0.5) is 0 Å². The Morgan fingerprint density at radius 3 is 1.41 bits per heavy atom. The third-order valence-corrected chi connectivity index (χ3v) is 2.96. The van der Waals surface area contributed by atoms with E-state index in [1.807, 2.05) is 48.5 Å². The zero-order chi connectivity index (χ0) is 12.3. The molecule has 0 spiro atoms. The minimum absolute atomic E-state index is 0.723. The van der Waals surface area contributed by atoms with Crippen LogP contribution >= 0.6 is 23.2 Å². The molecular formula is C14H11Cl2N. The van der Waals surface area contributed by atoms with Crippen LogP contribution in [0.3, 0.4) is 0 Å². The monoisotopic (exact) mass is 263 g/mol. The van der Waals surface area contributed by atoms with Gasteiger partial charge in [-0.2, -0.15) is 0 Å². The first-order valence-electron chi connectivity index (χ1n) is 5.19. The van der Waals surface area contributed by atoms with E-state index in [2.05, 4.69) is 4.99 Å². The molecule has 0 heterocycles. The fraction of sp³-hybridized carbons (Fsp3) is 0.0714. The van der Waals surface area contributed by atoms with E-state index >= 15 is 0 Å². The maximum atomic E-state index is 5.87. The zero-order valence-electron chi connectivity index (χ0n) is 9.32. The molecule has 2 aromatic carbocycles. The molecule has 2 rings (SSSR count). The normalized spacial score (nSPS) is 10.1. The van der Waals surface area contributed by atoms with Gasteiger partial charge >= 0.3 is 0 Å². The van der Waals surface area contributed by atoms with Gasteiger partial charge in [-0.1, -0.05) is 47.5 Å². The predicted octanol–water partition coefficient (Wildman–Crippen LogP) is 4.46. The molecule has 0 aromatic heterocycles. The standard InChI is InChI=1S/C14H11Cl2N/c1-17-14(10-2-6-12(15)7-3-10)11-4-8-13(16)9-5-11/h2-9H,1H3. The van der Waals surface area contributed by atoms with Crippen molar-refractivity contribution in [2.24, 2.45) is 4.99 Å². The van der Waals surface area contributed by atoms with Crippen molar-refractivity contribution in [3.8, 4) is 0 Å². The molecule has 0 saturated heterocycles. The average molecular weight is 264 g/mol. The summed E-state index contributed by atoms with van der Waals surface area (Å²) in [7, 11) is 1.78. The Morgan fingerprint density at radius 2 is 1.12 bits per heavy atom. The maximum absolute atomic E-state index is 5.87. The topological polar surface area (TPSA) is 12.4 Å². The van der Waals surface area contributed by atoms with E-state index < -0.39 is 0 Å². The second-order valence-electron chi connectivity index (χ2n) is 3.59. The third kappa shape index (κ3) is 2.87. The summed E-state index contributed by atoms with van der Waals surface area (Å²) in [5, 5.41) is 1.45. The molecule has 17 heavy (non-hydrogen) atoms. The van der Waals surface area contributed by atoms with Crippen molar-refractivity contribution in [3.05, 3.63) is 69.7 Å². The quantitative estimate of drug-likeness (QED) is 0.710. The lowest BCUT2D eigenvalue weighted by Crippen LogP contribution is -2.02. The number of rotatable bonds is 2. The molecule has 1 nitrogen and oxygen atoms in total. The summed E-state index contributed by atoms with van der Waals surface area (Å²) in [5.74, 6) is 0. The van der Waals surface area contributed by atoms with E-state index in [1.54, 1.807) is 7.05 Å². The SMILES string of the molecule is CN=C(c1ccc(Cl)cc1)c1ccc(Cl)cc1. The Labute approximate surface area is 111 Å². The lowest BCUT2D eigenvalue weighted by molar-refractivity contribution is 1.41. The van der Waals surface area contributed by atoms with E-state index in [1.165, 1.54) is 0 Å². The molecule has 0 saturated carbocycles. The van der Waals surface area contributed by atoms with Gasteiger partial charge in [-0.05, 0) is 24.3 Å². The number of hydrogen-bond donors (Lipinski definition) is 0. The van der Waals surface area contributed by atoms with Crippen LogP contribution in [0.1, 0.15) is 11.1 Å². The first-order valence-corrected chi connectivity index (χ1v) is 5.95. The van der Waals surface area contributed by atoms with Crippen molar-refractivity contribution in [1.82, 2.24) is 0 Å². The molecule has 2 aromatic rings. The fourth-order valence-electron chi connectivity index (χ4n) is 1.64. The maximum Gasteiger partial charge on any atom is 0.0715 e. The second-order valence-corrected chi connectivity index (χ2v) is 4.46. The van der Waals surface area contributed by atoms with Gasteiger partial charge in [0.1, 0.15) is 0 Å². The minimum Gasteiger partial charge on any atom is -0.287 e. The van der Waals surface area contributed by atoms with Crippen LogP contribution in [-0.4, -0.2) is 12.8 Å². The Kier molecular flexibility index (Phi) is 3.82. The molecule has 0 aliphatic rings. The summed E-state index contributed by atoms with van der Waals surface area (Å²) in [5.41, 5.74) is 3.01. The van der Waals surface area contributed by atoms with Crippen LogP contribution in [0.25, 0.3) is 0 Å². The van der Waals surface area contributed by atoms with Gasteiger partial charge in [0.25, 0.3) is 0 Å². The van der Waals surface area contributed by atoms with Gasteiger partial charge in [0.05, 0.1) is 5.71 Å². The third-order valence-electron chi connectivity index (χ3n) is 2.46. The number of halogens is 2. The molecule has 0 amide bonds. The fourth-order valence-corrected chi connectivity index (χ4v) is 1.89. The van der Waals surface area contributed by atoms with Gasteiger partial charge in [0, 0.05) is 28.2 Å². The van der Waals surface area contributed by atoms with Crippen LogP contribution in [0.5, 0.6) is 0 Å². The molecule has 0 aliphatic heterocycles. The molecule has 0 N–H and O–H groups in total. The molecule has 0 fully saturated rings. The first kappa shape index (κ1) is 12.2. The van der Waals surface area contributed by atoms with Gasteiger partial charge in [0.15, 0.2) is 0 Å². The highest BCUT2D eigenvalue weighted by Gasteiger charge is 2.05. The lowest BCUT2D eigenvalue weighted by Gasteiger charge is -2.06. The van der Waals surface area contributed by atoms with Crippen LogP contribution in [0.2, 0.25) is 10.0 Å². The van der Waals surface area contributed by atoms with Crippen molar-refractivity contribution >= 4 is 28.9 Å². The van der Waals surface area contributed by atoms with Crippen molar-refractivity contribution in [2.75, 3.05) is 7.05 Å². The Bertz CT molecular complexity index is 480. The lowest BCUT2D eigenvalue weighted by atomic mass is 10.0. The molecule has 86 valence electrons. The van der Waals surface area contributed by atoms with Gasteiger partial charge in [0.2, 0.25) is 0 Å². The van der Waals surface area contributed by atoms with Crippen molar-refractivity contribution in [1.29, 1.82) is 0 Å². The summed E-state index contributed by atoms with van der Waals surface area (Å²) in [6.07, 6.45) is 0. The zero-order valence-corrected chi connectivity index (χ0v) is 10.8. The molecule has 0 atom stereocenters. The predicted molar refractivity (Wildman–Crippen MR) is 74.5 cm³/mol.